The molecule has 6 heteroatoms. The van der Waals surface area contributed by atoms with Gasteiger partial charge in [0.25, 0.3) is 0 Å². The second-order valence-corrected chi connectivity index (χ2v) is 5.22. The lowest BCUT2D eigenvalue weighted by molar-refractivity contribution is 0.419. The average Bonchev–Trinajstić information content (AvgIpc) is 2.39. The average molecular weight is 288 g/mol. The van der Waals surface area contributed by atoms with Gasteiger partial charge < -0.3 is 9.52 Å². The van der Waals surface area contributed by atoms with Gasteiger partial charge in [0.05, 0.1) is 11.3 Å². The molecule has 0 aliphatic carbocycles. The zero-order valence-electron chi connectivity index (χ0n) is 11.0. The van der Waals surface area contributed by atoms with E-state index in [1.54, 1.807) is 0 Å². The quantitative estimate of drug-likeness (QED) is 0.873. The highest BCUT2D eigenvalue weighted by Gasteiger charge is 2.10. The number of aromatic nitrogens is 1. The number of thioether (sulfide) groups is 1. The van der Waals surface area contributed by atoms with Crippen LogP contribution in [0.25, 0.3) is 0 Å². The smallest absolute Gasteiger partial charge is 0.226 e. The molecule has 2 aromatic rings. The molecule has 0 aliphatic rings. The first-order valence-corrected chi connectivity index (χ1v) is 6.81. The second-order valence-electron chi connectivity index (χ2n) is 4.26. The molecule has 2 rings (SSSR count). The van der Waals surface area contributed by atoms with Crippen LogP contribution in [0.3, 0.4) is 0 Å². The minimum absolute atomic E-state index is 0.361. The number of nitrogens with zero attached hydrogens (tertiary/aromatic N) is 2. The normalized spacial score (nSPS) is 10.2. The van der Waals surface area contributed by atoms with Crippen LogP contribution in [0.5, 0.6) is 5.75 Å². The number of aromatic hydroxyl groups is 1. The van der Waals surface area contributed by atoms with E-state index in [0.717, 1.165) is 17.5 Å². The van der Waals surface area contributed by atoms with Crippen LogP contribution in [0.4, 0.5) is 0 Å². The van der Waals surface area contributed by atoms with Crippen molar-refractivity contribution in [3.05, 3.63) is 51.2 Å². The van der Waals surface area contributed by atoms with Crippen molar-refractivity contribution in [1.29, 1.82) is 5.26 Å². The van der Waals surface area contributed by atoms with Gasteiger partial charge in [-0.05, 0) is 25.5 Å². The Morgan fingerprint density at radius 2 is 2.20 bits per heavy atom. The van der Waals surface area contributed by atoms with Gasteiger partial charge in [-0.3, -0.25) is 4.79 Å². The van der Waals surface area contributed by atoms with Crippen molar-refractivity contribution in [2.45, 2.75) is 24.6 Å². The van der Waals surface area contributed by atoms with E-state index in [2.05, 4.69) is 11.1 Å². The molecule has 0 fully saturated rings. The second kappa shape index (κ2) is 5.80. The standard InChI is InChI=1S/C14H12N2O3S/c1-8-3-9(2)16-14(11(8)5-15)20-7-10-4-12(17)13(18)6-19-10/h3-4,6,18H,7H2,1-2H3. The summed E-state index contributed by atoms with van der Waals surface area (Å²) in [6.45, 7) is 3.72. The fourth-order valence-electron chi connectivity index (χ4n) is 1.70. The summed E-state index contributed by atoms with van der Waals surface area (Å²) >= 11 is 1.32. The van der Waals surface area contributed by atoms with Crippen molar-refractivity contribution in [1.82, 2.24) is 4.98 Å². The van der Waals surface area contributed by atoms with Gasteiger partial charge in [0.1, 0.15) is 23.1 Å². The van der Waals surface area contributed by atoms with Gasteiger partial charge in [0.15, 0.2) is 5.75 Å². The summed E-state index contributed by atoms with van der Waals surface area (Å²) in [4.78, 5) is 15.6. The number of aryl methyl sites for hydroxylation is 2. The monoisotopic (exact) mass is 288 g/mol. The molecule has 0 saturated heterocycles. The first-order chi connectivity index (χ1) is 9.51. The minimum Gasteiger partial charge on any atom is -0.502 e. The van der Waals surface area contributed by atoms with Crippen LogP contribution in [0.2, 0.25) is 0 Å². The Balaban J connectivity index is 2.25. The van der Waals surface area contributed by atoms with E-state index < -0.39 is 11.2 Å². The van der Waals surface area contributed by atoms with E-state index in [0.29, 0.717) is 22.1 Å². The van der Waals surface area contributed by atoms with E-state index in [1.807, 2.05) is 19.9 Å². The van der Waals surface area contributed by atoms with Crippen molar-refractivity contribution in [2.24, 2.45) is 0 Å². The molecular formula is C14H12N2O3S. The molecule has 20 heavy (non-hydrogen) atoms. The third-order valence-corrected chi connectivity index (χ3v) is 3.64. The minimum atomic E-state index is -0.485. The molecule has 0 saturated carbocycles. The Kier molecular flexibility index (Phi) is 4.11. The summed E-state index contributed by atoms with van der Waals surface area (Å²) in [5, 5.41) is 18.9. The lowest BCUT2D eigenvalue weighted by atomic mass is 10.1. The molecule has 0 atom stereocenters. The van der Waals surface area contributed by atoms with E-state index in [-0.39, 0.29) is 0 Å². The van der Waals surface area contributed by atoms with E-state index in [9.17, 15) is 4.79 Å². The van der Waals surface area contributed by atoms with Crippen molar-refractivity contribution < 1.29 is 9.52 Å². The van der Waals surface area contributed by atoms with Crippen molar-refractivity contribution in [2.75, 3.05) is 0 Å². The summed E-state index contributed by atoms with van der Waals surface area (Å²) in [5.41, 5.74) is 1.74. The predicted octanol–water partition coefficient (Wildman–Crippen LogP) is 2.52. The maximum absolute atomic E-state index is 11.3. The molecule has 5 nitrogen and oxygen atoms in total. The van der Waals surface area contributed by atoms with Gasteiger partial charge in [-0.25, -0.2) is 4.98 Å². The Bertz CT molecular complexity index is 747. The molecule has 1 N–H and O–H groups in total. The lowest BCUT2D eigenvalue weighted by Gasteiger charge is -2.06. The largest absolute Gasteiger partial charge is 0.502 e. The van der Waals surface area contributed by atoms with Gasteiger partial charge in [0, 0.05) is 11.8 Å². The molecule has 0 aliphatic heterocycles. The Hall–Kier alpha value is -2.26. The van der Waals surface area contributed by atoms with Crippen LogP contribution in [0.1, 0.15) is 22.6 Å². The van der Waals surface area contributed by atoms with Gasteiger partial charge in [-0.2, -0.15) is 5.26 Å². The zero-order valence-corrected chi connectivity index (χ0v) is 11.8. The number of nitriles is 1. The van der Waals surface area contributed by atoms with E-state index in [1.165, 1.54) is 17.8 Å². The molecule has 2 aromatic heterocycles. The summed E-state index contributed by atoms with van der Waals surface area (Å²) in [6, 6.07) is 5.22. The summed E-state index contributed by atoms with van der Waals surface area (Å²) in [6.07, 6.45) is 1.01. The van der Waals surface area contributed by atoms with Crippen molar-refractivity contribution in [3.63, 3.8) is 0 Å². The molecule has 0 unspecified atom stereocenters. The topological polar surface area (TPSA) is 87.1 Å². The number of hydrogen-bond acceptors (Lipinski definition) is 6. The van der Waals surface area contributed by atoms with Gasteiger partial charge in [-0.15, -0.1) is 0 Å². The third-order valence-electron chi connectivity index (χ3n) is 2.64. The summed E-state index contributed by atoms with van der Waals surface area (Å²) in [5.74, 6) is 0.365. The highest BCUT2D eigenvalue weighted by atomic mass is 32.2. The fourth-order valence-corrected chi connectivity index (χ4v) is 2.69. The zero-order chi connectivity index (χ0) is 14.7. The van der Waals surface area contributed by atoms with Crippen LogP contribution < -0.4 is 5.43 Å². The van der Waals surface area contributed by atoms with E-state index in [4.69, 9.17) is 14.8 Å². The number of pyridine rings is 1. The fraction of sp³-hybridized carbons (Fsp3) is 0.214. The van der Waals surface area contributed by atoms with Crippen LogP contribution in [0, 0.1) is 25.2 Å². The molecule has 0 spiro atoms. The molecule has 0 bridgehead atoms. The molecule has 2 heterocycles. The maximum Gasteiger partial charge on any atom is 0.226 e. The Morgan fingerprint density at radius 1 is 1.45 bits per heavy atom. The van der Waals surface area contributed by atoms with Crippen molar-refractivity contribution in [3.8, 4) is 11.8 Å². The lowest BCUT2D eigenvalue weighted by Crippen LogP contribution is -2.00. The van der Waals surface area contributed by atoms with Crippen molar-refractivity contribution >= 4 is 11.8 Å². The van der Waals surface area contributed by atoms with Crippen LogP contribution in [-0.2, 0) is 5.75 Å². The Labute approximate surface area is 119 Å². The first-order valence-electron chi connectivity index (χ1n) is 5.83. The van der Waals surface area contributed by atoms with Crippen LogP contribution in [0.15, 0.2) is 32.6 Å². The summed E-state index contributed by atoms with van der Waals surface area (Å²) in [7, 11) is 0. The van der Waals surface area contributed by atoms with Crippen LogP contribution >= 0.6 is 11.8 Å². The molecule has 0 radical (unpaired) electrons. The highest BCUT2D eigenvalue weighted by Crippen LogP contribution is 2.26. The highest BCUT2D eigenvalue weighted by molar-refractivity contribution is 7.98. The molecular weight excluding hydrogens is 276 g/mol. The predicted molar refractivity (Wildman–Crippen MR) is 74.6 cm³/mol. The number of rotatable bonds is 3. The molecule has 0 aromatic carbocycles. The van der Waals surface area contributed by atoms with Gasteiger partial charge in [-0.1, -0.05) is 11.8 Å². The SMILES string of the molecule is Cc1cc(C)c(C#N)c(SCc2cc(=O)c(O)co2)n1. The third kappa shape index (κ3) is 3.00. The van der Waals surface area contributed by atoms with E-state index >= 15 is 0 Å². The molecule has 102 valence electrons. The van der Waals surface area contributed by atoms with Gasteiger partial charge >= 0.3 is 0 Å². The Morgan fingerprint density at radius 3 is 2.85 bits per heavy atom. The maximum atomic E-state index is 11.3. The van der Waals surface area contributed by atoms with Gasteiger partial charge in [0.2, 0.25) is 5.43 Å². The number of hydrogen-bond donors (Lipinski definition) is 1. The first kappa shape index (κ1) is 14.2. The molecule has 0 amide bonds. The summed E-state index contributed by atoms with van der Waals surface area (Å²) < 4.78 is 5.11. The van der Waals surface area contributed by atoms with Crippen LogP contribution in [-0.4, -0.2) is 10.1 Å².